The highest BCUT2D eigenvalue weighted by atomic mass is 19.1. The summed E-state index contributed by atoms with van der Waals surface area (Å²) in [5.74, 6) is -0.500. The van der Waals surface area contributed by atoms with Crippen LogP contribution in [0.25, 0.3) is 10.8 Å². The van der Waals surface area contributed by atoms with Crippen LogP contribution in [0.3, 0.4) is 0 Å². The van der Waals surface area contributed by atoms with Crippen molar-refractivity contribution >= 4 is 16.7 Å². The molecule has 1 aromatic heterocycles. The van der Waals surface area contributed by atoms with E-state index >= 15 is 0 Å². The molecule has 0 aliphatic rings. The third-order valence-corrected chi connectivity index (χ3v) is 4.29. The molecule has 0 saturated heterocycles. The van der Waals surface area contributed by atoms with Crippen molar-refractivity contribution in [3.63, 3.8) is 0 Å². The van der Waals surface area contributed by atoms with Gasteiger partial charge in [-0.05, 0) is 30.2 Å². The largest absolute Gasteiger partial charge is 0.351 e. The van der Waals surface area contributed by atoms with Gasteiger partial charge in [0.1, 0.15) is 5.82 Å². The van der Waals surface area contributed by atoms with E-state index in [-0.39, 0.29) is 29.7 Å². The van der Waals surface area contributed by atoms with Gasteiger partial charge in [0.2, 0.25) is 5.91 Å². The zero-order valence-electron chi connectivity index (χ0n) is 14.5. The van der Waals surface area contributed by atoms with Crippen LogP contribution in [0.4, 0.5) is 4.39 Å². The quantitative estimate of drug-likeness (QED) is 0.741. The molecule has 0 spiro atoms. The second-order valence-corrected chi connectivity index (χ2v) is 6.20. The molecule has 2 aromatic carbocycles. The minimum atomic E-state index is -0.331. The molecule has 3 rings (SSSR count). The van der Waals surface area contributed by atoms with Crippen LogP contribution in [0.2, 0.25) is 0 Å². The summed E-state index contributed by atoms with van der Waals surface area (Å²) < 4.78 is 14.3. The van der Waals surface area contributed by atoms with Crippen molar-refractivity contribution in [3.05, 3.63) is 76.5 Å². The van der Waals surface area contributed by atoms with Gasteiger partial charge in [-0.2, -0.15) is 5.10 Å². The summed E-state index contributed by atoms with van der Waals surface area (Å²) in [5, 5.41) is 8.53. The van der Waals surface area contributed by atoms with Crippen molar-refractivity contribution in [1.29, 1.82) is 0 Å². The van der Waals surface area contributed by atoms with E-state index in [2.05, 4.69) is 10.4 Å². The smallest absolute Gasteiger partial charge is 0.274 e. The second kappa shape index (κ2) is 7.91. The predicted octanol–water partition coefficient (Wildman–Crippen LogP) is 2.67. The average molecular weight is 353 g/mol. The molecular weight excluding hydrogens is 333 g/mol. The molecule has 3 aromatic rings. The molecule has 0 radical (unpaired) electrons. The number of halogens is 1. The number of fused-ring (bicyclic) bond motifs is 1. The second-order valence-electron chi connectivity index (χ2n) is 6.20. The van der Waals surface area contributed by atoms with Crippen molar-refractivity contribution in [2.75, 3.05) is 0 Å². The van der Waals surface area contributed by atoms with E-state index in [0.29, 0.717) is 18.4 Å². The number of aromatic nitrogens is 2. The summed E-state index contributed by atoms with van der Waals surface area (Å²) >= 11 is 0. The highest BCUT2D eigenvalue weighted by Crippen LogP contribution is 2.07. The third-order valence-electron chi connectivity index (χ3n) is 4.29. The topological polar surface area (TPSA) is 64.0 Å². The monoisotopic (exact) mass is 353 g/mol. The molecule has 134 valence electrons. The van der Waals surface area contributed by atoms with Crippen molar-refractivity contribution in [1.82, 2.24) is 15.1 Å². The van der Waals surface area contributed by atoms with Gasteiger partial charge in [0.15, 0.2) is 0 Å². The van der Waals surface area contributed by atoms with Gasteiger partial charge in [-0.1, -0.05) is 37.3 Å². The Morgan fingerprint density at radius 1 is 1.19 bits per heavy atom. The summed E-state index contributed by atoms with van der Waals surface area (Å²) in [6.45, 7) is 2.24. The molecule has 0 aliphatic carbocycles. The normalized spacial score (nSPS) is 12.1. The molecule has 0 fully saturated rings. The maximum Gasteiger partial charge on any atom is 0.274 e. The van der Waals surface area contributed by atoms with Gasteiger partial charge in [0.25, 0.3) is 5.56 Å². The number of hydrogen-bond acceptors (Lipinski definition) is 3. The standard InChI is InChI=1S/C20H20FN3O2/c1-2-17(23-19(25)11-14-7-9-16(21)10-8-14)13-24-20(26)18-6-4-3-5-15(18)12-22-24/h3-10,12,17H,2,11,13H2,1H3,(H,23,25)/t17-/m1/s1. The average Bonchev–Trinajstić information content (AvgIpc) is 2.65. The molecule has 6 heteroatoms. The molecule has 26 heavy (non-hydrogen) atoms. The molecule has 1 N–H and O–H groups in total. The van der Waals surface area contributed by atoms with Crippen LogP contribution in [0.1, 0.15) is 18.9 Å². The Morgan fingerprint density at radius 2 is 1.92 bits per heavy atom. The molecular formula is C20H20FN3O2. The lowest BCUT2D eigenvalue weighted by Gasteiger charge is -2.18. The van der Waals surface area contributed by atoms with Gasteiger partial charge in [0.05, 0.1) is 24.5 Å². The number of nitrogens with one attached hydrogen (secondary N) is 1. The van der Waals surface area contributed by atoms with Crippen LogP contribution < -0.4 is 10.9 Å². The Hall–Kier alpha value is -3.02. The first-order chi connectivity index (χ1) is 12.6. The zero-order chi connectivity index (χ0) is 18.5. The first kappa shape index (κ1) is 17.8. The Balaban J connectivity index is 1.69. The summed E-state index contributed by atoms with van der Waals surface area (Å²) in [4.78, 5) is 24.8. The van der Waals surface area contributed by atoms with Crippen LogP contribution in [0, 0.1) is 5.82 Å². The summed E-state index contributed by atoms with van der Waals surface area (Å²) in [6, 6.07) is 12.9. The van der Waals surface area contributed by atoms with Crippen LogP contribution in [0.15, 0.2) is 59.5 Å². The highest BCUT2D eigenvalue weighted by molar-refractivity contribution is 5.80. The van der Waals surface area contributed by atoms with E-state index in [1.54, 1.807) is 24.4 Å². The first-order valence-electron chi connectivity index (χ1n) is 8.55. The summed E-state index contributed by atoms with van der Waals surface area (Å²) in [7, 11) is 0. The number of carbonyl (C=O) groups excluding carboxylic acids is 1. The summed E-state index contributed by atoms with van der Waals surface area (Å²) in [6.07, 6.45) is 2.48. The number of rotatable bonds is 6. The predicted molar refractivity (Wildman–Crippen MR) is 98.3 cm³/mol. The zero-order valence-corrected chi connectivity index (χ0v) is 14.5. The van der Waals surface area contributed by atoms with Crippen molar-refractivity contribution in [3.8, 4) is 0 Å². The molecule has 1 atom stereocenters. The fourth-order valence-electron chi connectivity index (χ4n) is 2.81. The van der Waals surface area contributed by atoms with Gasteiger partial charge in [-0.15, -0.1) is 0 Å². The van der Waals surface area contributed by atoms with Gasteiger partial charge < -0.3 is 5.32 Å². The van der Waals surface area contributed by atoms with Crippen molar-refractivity contribution < 1.29 is 9.18 Å². The lowest BCUT2D eigenvalue weighted by Crippen LogP contribution is -2.41. The Morgan fingerprint density at radius 3 is 2.65 bits per heavy atom. The molecule has 0 saturated carbocycles. The molecule has 0 bridgehead atoms. The lowest BCUT2D eigenvalue weighted by molar-refractivity contribution is -0.121. The number of nitrogens with zero attached hydrogens (tertiary/aromatic N) is 2. The van der Waals surface area contributed by atoms with Gasteiger partial charge in [-0.25, -0.2) is 9.07 Å². The molecule has 0 aliphatic heterocycles. The van der Waals surface area contributed by atoms with E-state index in [0.717, 1.165) is 10.9 Å². The van der Waals surface area contributed by atoms with E-state index < -0.39 is 0 Å². The van der Waals surface area contributed by atoms with Crippen LogP contribution in [-0.2, 0) is 17.8 Å². The Kier molecular flexibility index (Phi) is 5.41. The number of hydrogen-bond donors (Lipinski definition) is 1. The van der Waals surface area contributed by atoms with E-state index in [1.165, 1.54) is 16.8 Å². The Labute approximate surface area is 150 Å². The number of amides is 1. The minimum absolute atomic E-state index is 0.164. The van der Waals surface area contributed by atoms with Crippen molar-refractivity contribution in [2.24, 2.45) is 0 Å². The van der Waals surface area contributed by atoms with Crippen LogP contribution >= 0.6 is 0 Å². The maximum absolute atomic E-state index is 12.9. The Bertz CT molecular complexity index is 967. The lowest BCUT2D eigenvalue weighted by atomic mass is 10.1. The first-order valence-corrected chi connectivity index (χ1v) is 8.55. The van der Waals surface area contributed by atoms with E-state index in [1.807, 2.05) is 25.1 Å². The van der Waals surface area contributed by atoms with Gasteiger partial charge >= 0.3 is 0 Å². The van der Waals surface area contributed by atoms with E-state index in [9.17, 15) is 14.0 Å². The number of benzene rings is 2. The molecule has 1 amide bonds. The third kappa shape index (κ3) is 4.14. The fraction of sp³-hybridized carbons (Fsp3) is 0.250. The minimum Gasteiger partial charge on any atom is -0.351 e. The van der Waals surface area contributed by atoms with Gasteiger partial charge in [0, 0.05) is 11.4 Å². The van der Waals surface area contributed by atoms with Crippen LogP contribution in [-0.4, -0.2) is 21.7 Å². The fourth-order valence-corrected chi connectivity index (χ4v) is 2.81. The van der Waals surface area contributed by atoms with Crippen LogP contribution in [0.5, 0.6) is 0 Å². The number of carbonyl (C=O) groups is 1. The molecule has 5 nitrogen and oxygen atoms in total. The highest BCUT2D eigenvalue weighted by Gasteiger charge is 2.14. The summed E-state index contributed by atoms with van der Waals surface area (Å²) in [5.41, 5.74) is 0.564. The van der Waals surface area contributed by atoms with Gasteiger partial charge in [-0.3, -0.25) is 9.59 Å². The molecule has 0 unspecified atom stereocenters. The SMILES string of the molecule is CC[C@H](Cn1ncc2ccccc2c1=O)NC(=O)Cc1ccc(F)cc1. The van der Waals surface area contributed by atoms with E-state index in [4.69, 9.17) is 0 Å². The van der Waals surface area contributed by atoms with Crippen molar-refractivity contribution in [2.45, 2.75) is 32.4 Å². The maximum atomic E-state index is 12.9. The molecule has 1 heterocycles.